The quantitative estimate of drug-likeness (QED) is 0.0750. The van der Waals surface area contributed by atoms with Crippen molar-refractivity contribution in [1.29, 1.82) is 0 Å². The van der Waals surface area contributed by atoms with Crippen LogP contribution in [0.1, 0.15) is 52.9 Å². The van der Waals surface area contributed by atoms with Gasteiger partial charge in [-0.05, 0) is 73.1 Å². The van der Waals surface area contributed by atoms with E-state index in [-0.39, 0.29) is 44.5 Å². The maximum atomic E-state index is 14.3. The smallest absolute Gasteiger partial charge is 0.434 e. The molecule has 0 aliphatic rings. The van der Waals surface area contributed by atoms with Crippen molar-refractivity contribution < 1.29 is 50.6 Å². The first-order valence-corrected chi connectivity index (χ1v) is 14.7. The lowest BCUT2D eigenvalue weighted by Crippen LogP contribution is -2.26. The number of aromatic nitrogens is 3. The Morgan fingerprint density at radius 3 is 2.24 bits per heavy atom. The number of aryl methyl sites for hydroxylation is 1. The van der Waals surface area contributed by atoms with Crippen LogP contribution in [0.25, 0.3) is 11.3 Å². The molecule has 0 bridgehead atoms. The van der Waals surface area contributed by atoms with Gasteiger partial charge in [0, 0.05) is 30.6 Å². The van der Waals surface area contributed by atoms with Crippen molar-refractivity contribution >= 4 is 56.9 Å². The van der Waals surface area contributed by atoms with Crippen molar-refractivity contribution in [2.24, 2.45) is 12.1 Å². The molecule has 4 aromatic rings. The van der Waals surface area contributed by atoms with Crippen molar-refractivity contribution in [3.8, 4) is 11.3 Å². The van der Waals surface area contributed by atoms with Gasteiger partial charge < -0.3 is 15.2 Å². The number of nitrogens with one attached hydrogen (secondary N) is 2. The Kier molecular flexibility index (Phi) is 12.5. The van der Waals surface area contributed by atoms with Gasteiger partial charge in [0.2, 0.25) is 0 Å². The average Bonchev–Trinajstić information content (AvgIpc) is 3.28. The minimum Gasteiger partial charge on any atom is -0.478 e. The predicted octanol–water partition coefficient (Wildman–Crippen LogP) is 7.83. The molecule has 19 heteroatoms. The van der Waals surface area contributed by atoms with Crippen LogP contribution in [-0.2, 0) is 18.0 Å². The summed E-state index contributed by atoms with van der Waals surface area (Å²) in [5, 5.41) is 18.5. The SMILES string of the molecule is C/C(=N\NC(=O)Nc1cc(F)cc(F)c1)c1ncccc1C(=O)O.CC(C)OC(=O)c1cc(-c2nn(C)c(C(F)(F)F)c2Br)c(F)cc1Cl. The maximum absolute atomic E-state index is 14.3. The van der Waals surface area contributed by atoms with E-state index in [9.17, 15) is 40.7 Å². The summed E-state index contributed by atoms with van der Waals surface area (Å²) < 4.78 is 84.7. The van der Waals surface area contributed by atoms with E-state index in [0.29, 0.717) is 10.7 Å². The Labute approximate surface area is 287 Å². The molecule has 2 aromatic heterocycles. The van der Waals surface area contributed by atoms with E-state index in [1.807, 2.05) is 0 Å². The topological polar surface area (TPSA) is 148 Å². The summed E-state index contributed by atoms with van der Waals surface area (Å²) in [4.78, 5) is 38.7. The van der Waals surface area contributed by atoms with Crippen LogP contribution in [0.3, 0.4) is 0 Å². The third-order valence-corrected chi connectivity index (χ3v) is 7.02. The predicted molar refractivity (Wildman–Crippen MR) is 169 cm³/mol. The molecule has 0 atom stereocenters. The Hall–Kier alpha value is -4.97. The molecule has 49 heavy (non-hydrogen) atoms. The van der Waals surface area contributed by atoms with Gasteiger partial charge >= 0.3 is 24.1 Å². The number of rotatable bonds is 7. The highest BCUT2D eigenvalue weighted by atomic mass is 79.9. The van der Waals surface area contributed by atoms with E-state index >= 15 is 0 Å². The second-order valence-electron chi connectivity index (χ2n) is 10.0. The lowest BCUT2D eigenvalue weighted by atomic mass is 10.1. The summed E-state index contributed by atoms with van der Waals surface area (Å²) in [6.45, 7) is 4.68. The first kappa shape index (κ1) is 38.5. The number of benzene rings is 2. The number of halogens is 8. The van der Waals surface area contributed by atoms with Gasteiger partial charge in [-0.25, -0.2) is 33.0 Å². The zero-order valence-electron chi connectivity index (χ0n) is 25.6. The number of nitrogens with zero attached hydrogens (tertiary/aromatic N) is 4. The number of hydrazone groups is 1. The van der Waals surface area contributed by atoms with Crippen molar-refractivity contribution in [2.75, 3.05) is 5.32 Å². The number of ether oxygens (including phenoxy) is 1. The maximum Gasteiger partial charge on any atom is 0.434 e. The molecule has 4 rings (SSSR count). The molecule has 260 valence electrons. The van der Waals surface area contributed by atoms with Crippen molar-refractivity contribution in [1.82, 2.24) is 20.2 Å². The van der Waals surface area contributed by atoms with Gasteiger partial charge in [0.25, 0.3) is 0 Å². The number of pyridine rings is 1. The monoisotopic (exact) mass is 776 g/mol. The second-order valence-corrected chi connectivity index (χ2v) is 11.2. The van der Waals surface area contributed by atoms with Crippen LogP contribution in [0.4, 0.5) is 36.8 Å². The first-order chi connectivity index (χ1) is 22.8. The first-order valence-electron chi connectivity index (χ1n) is 13.6. The molecule has 2 aromatic carbocycles. The molecule has 0 aliphatic carbocycles. The molecule has 0 aliphatic heterocycles. The number of carbonyl (C=O) groups is 3. The molecule has 3 N–H and O–H groups in total. The minimum absolute atomic E-state index is 0.0758. The fourth-order valence-corrected chi connectivity index (χ4v) is 4.98. The molecular weight excluding hydrogens is 754 g/mol. The second kappa shape index (κ2) is 16.0. The van der Waals surface area contributed by atoms with E-state index in [4.69, 9.17) is 21.4 Å². The van der Waals surface area contributed by atoms with Crippen LogP contribution >= 0.6 is 27.5 Å². The van der Waals surface area contributed by atoms with Crippen LogP contribution in [0.15, 0.2) is 58.2 Å². The van der Waals surface area contributed by atoms with E-state index in [1.54, 1.807) is 13.8 Å². The zero-order chi connectivity index (χ0) is 36.8. The van der Waals surface area contributed by atoms with Gasteiger partial charge in [-0.3, -0.25) is 9.67 Å². The van der Waals surface area contributed by atoms with Crippen LogP contribution in [-0.4, -0.2) is 49.7 Å². The van der Waals surface area contributed by atoms with Crippen molar-refractivity contribution in [2.45, 2.75) is 33.1 Å². The van der Waals surface area contributed by atoms with Gasteiger partial charge in [-0.1, -0.05) is 11.6 Å². The number of hydrogen-bond donors (Lipinski definition) is 3. The molecule has 11 nitrogen and oxygen atoms in total. The lowest BCUT2D eigenvalue weighted by Gasteiger charge is -2.11. The number of carboxylic acids is 1. The molecule has 0 radical (unpaired) electrons. The van der Waals surface area contributed by atoms with E-state index in [0.717, 1.165) is 31.3 Å². The number of urea groups is 1. The third-order valence-electron chi connectivity index (χ3n) is 5.96. The van der Waals surface area contributed by atoms with Gasteiger partial charge in [0.1, 0.15) is 28.8 Å². The van der Waals surface area contributed by atoms with Gasteiger partial charge in [0.15, 0.2) is 5.69 Å². The molecule has 0 saturated heterocycles. The lowest BCUT2D eigenvalue weighted by molar-refractivity contribution is -0.144. The summed E-state index contributed by atoms with van der Waals surface area (Å²) in [5.74, 6) is -4.61. The summed E-state index contributed by atoms with van der Waals surface area (Å²) in [7, 11) is 1.08. The highest BCUT2D eigenvalue weighted by Crippen LogP contribution is 2.41. The normalized spacial score (nSPS) is 11.5. The molecule has 0 unspecified atom stereocenters. The molecule has 2 heterocycles. The number of alkyl halides is 3. The highest BCUT2D eigenvalue weighted by molar-refractivity contribution is 9.10. The van der Waals surface area contributed by atoms with Crippen LogP contribution < -0.4 is 10.7 Å². The number of anilines is 1. The number of esters is 1. The standard InChI is InChI=1S/C15H12BrClF4N2O2.C15H12F2N4O3/c1-6(2)25-14(24)7-4-8(10(18)5-9(7)17)12-11(16)13(15(19,20)21)23(3)22-12;1-8(13-12(14(22)23)3-2-4-18-13)20-21-15(24)19-11-6-9(16)5-10(17)7-11/h4-6H,1-3H3;2-7H,1H3,(H,22,23)(H2,19,21,24)/b;20-8+. The van der Waals surface area contributed by atoms with E-state index < -0.39 is 57.9 Å². The van der Waals surface area contributed by atoms with Crippen molar-refractivity contribution in [3.05, 3.63) is 98.1 Å². The summed E-state index contributed by atoms with van der Waals surface area (Å²) >= 11 is 8.67. The zero-order valence-corrected chi connectivity index (χ0v) is 27.9. The fourth-order valence-electron chi connectivity index (χ4n) is 3.98. The van der Waals surface area contributed by atoms with Gasteiger partial charge in [-0.15, -0.1) is 0 Å². The van der Waals surface area contributed by atoms with E-state index in [2.05, 4.69) is 41.9 Å². The fraction of sp³-hybridized carbons (Fsp3) is 0.200. The van der Waals surface area contributed by atoms with E-state index in [1.165, 1.54) is 25.3 Å². The molecule has 0 fully saturated rings. The summed E-state index contributed by atoms with van der Waals surface area (Å²) in [6, 6.07) is 6.34. The Morgan fingerprint density at radius 1 is 1.06 bits per heavy atom. The number of amides is 2. The minimum atomic E-state index is -4.69. The van der Waals surface area contributed by atoms with Crippen molar-refractivity contribution in [3.63, 3.8) is 0 Å². The number of carbonyl (C=O) groups excluding carboxylic acids is 2. The Balaban J connectivity index is 0.000000266. The third kappa shape index (κ3) is 10.0. The number of aromatic carboxylic acids is 1. The van der Waals surface area contributed by atoms with Gasteiger partial charge in [-0.2, -0.15) is 23.4 Å². The molecule has 0 saturated carbocycles. The largest absolute Gasteiger partial charge is 0.478 e. The summed E-state index contributed by atoms with van der Waals surface area (Å²) in [5.41, 5.74) is 0.296. The molecule has 2 amide bonds. The molecular formula is C30H24BrClF6N6O5. The number of hydrogen-bond acceptors (Lipinski definition) is 7. The molecule has 0 spiro atoms. The summed E-state index contributed by atoms with van der Waals surface area (Å²) in [6.07, 6.45) is -3.76. The Bertz CT molecular complexity index is 1920. The highest BCUT2D eigenvalue weighted by Gasteiger charge is 2.39. The van der Waals surface area contributed by atoms with Gasteiger partial charge in [0.05, 0.1) is 32.4 Å². The Morgan fingerprint density at radius 2 is 1.69 bits per heavy atom. The van der Waals surface area contributed by atoms with Crippen LogP contribution in [0.5, 0.6) is 0 Å². The van der Waals surface area contributed by atoms with Crippen LogP contribution in [0, 0.1) is 17.5 Å². The average molecular weight is 778 g/mol. The number of carboxylic acid groups (broad SMARTS) is 1. The van der Waals surface area contributed by atoms with Crippen LogP contribution in [0.2, 0.25) is 5.02 Å².